The summed E-state index contributed by atoms with van der Waals surface area (Å²) in [5, 5.41) is 16.3. The first-order chi connectivity index (χ1) is 35.4. The maximum absolute atomic E-state index is 5.12. The van der Waals surface area contributed by atoms with Crippen molar-refractivity contribution in [3.63, 3.8) is 0 Å². The molecule has 0 aliphatic rings. The molecule has 1 heterocycles. The molecule has 9 aromatic carbocycles. The summed E-state index contributed by atoms with van der Waals surface area (Å²) in [4.78, 5) is 5.86. The van der Waals surface area contributed by atoms with E-state index in [1.165, 1.54) is 32.7 Å². The third-order valence-electron chi connectivity index (χ3n) is 12.5. The fourth-order valence-electron chi connectivity index (χ4n) is 8.65. The van der Waals surface area contributed by atoms with Gasteiger partial charge in [0.15, 0.2) is 0 Å². The molecule has 0 atom stereocenters. The first-order valence-corrected chi connectivity index (χ1v) is 25.2. The van der Waals surface area contributed by atoms with Crippen molar-refractivity contribution < 1.29 is 0 Å². The lowest BCUT2D eigenvalue weighted by Gasteiger charge is -2.26. The number of para-hydroxylation sites is 2. The molecule has 0 bridgehead atoms. The number of rotatable bonds is 17. The van der Waals surface area contributed by atoms with Gasteiger partial charge in [-0.25, -0.2) is 5.01 Å². The van der Waals surface area contributed by atoms with Crippen molar-refractivity contribution in [3.05, 3.63) is 292 Å². The Morgan fingerprint density at radius 1 is 0.361 bits per heavy atom. The van der Waals surface area contributed by atoms with E-state index in [4.69, 9.17) is 10.2 Å². The number of hydrazone groups is 2. The van der Waals surface area contributed by atoms with Crippen LogP contribution in [0.3, 0.4) is 0 Å². The third kappa shape index (κ3) is 11.6. The Hall–Kier alpha value is -8.78. The van der Waals surface area contributed by atoms with Crippen LogP contribution >= 0.6 is 11.3 Å². The fraction of sp³-hybridized carbons (Fsp3) is 0.0769. The molecular weight excluding hydrogens is 897 g/mol. The molecule has 0 N–H and O–H groups in total. The van der Waals surface area contributed by atoms with Gasteiger partial charge in [-0.3, -0.25) is 5.01 Å². The Morgan fingerprint density at radius 3 is 1.26 bits per heavy atom. The molecule has 7 heteroatoms. The van der Waals surface area contributed by atoms with Crippen LogP contribution in [0.25, 0.3) is 0 Å². The van der Waals surface area contributed by atoms with Gasteiger partial charge in [0.25, 0.3) is 0 Å². The largest absolute Gasteiger partial charge is 0.311 e. The normalized spacial score (nSPS) is 11.3. The van der Waals surface area contributed by atoms with Gasteiger partial charge in [0.2, 0.25) is 0 Å². The van der Waals surface area contributed by atoms with E-state index in [0.29, 0.717) is 6.54 Å². The van der Waals surface area contributed by atoms with Crippen molar-refractivity contribution in [2.75, 3.05) is 19.8 Å². The zero-order valence-electron chi connectivity index (χ0n) is 40.8. The molecule has 0 spiro atoms. The highest BCUT2D eigenvalue weighted by molar-refractivity contribution is 7.09. The van der Waals surface area contributed by atoms with Crippen molar-refractivity contribution in [2.24, 2.45) is 10.2 Å². The molecule has 0 aliphatic heterocycles. The van der Waals surface area contributed by atoms with Gasteiger partial charge in [-0.2, -0.15) is 10.2 Å². The second-order valence-corrected chi connectivity index (χ2v) is 19.0. The summed E-state index contributed by atoms with van der Waals surface area (Å²) < 4.78 is 0. The minimum atomic E-state index is 0.709. The summed E-state index contributed by atoms with van der Waals surface area (Å²) in [6.07, 6.45) is 4.66. The monoisotopic (exact) mass is 952 g/mol. The molecule has 0 unspecified atom stereocenters. The molecule has 352 valence electrons. The van der Waals surface area contributed by atoms with Crippen molar-refractivity contribution in [2.45, 2.75) is 33.7 Å². The molecule has 0 aliphatic carbocycles. The van der Waals surface area contributed by atoms with Crippen LogP contribution in [-0.4, -0.2) is 12.4 Å². The average Bonchev–Trinajstić information content (AvgIpc) is 3.95. The first-order valence-electron chi connectivity index (χ1n) is 24.3. The van der Waals surface area contributed by atoms with Crippen LogP contribution in [0.15, 0.2) is 258 Å². The Labute approximate surface area is 428 Å². The maximum Gasteiger partial charge on any atom is 0.0759 e. The summed E-state index contributed by atoms with van der Waals surface area (Å²) in [7, 11) is 0. The van der Waals surface area contributed by atoms with Crippen molar-refractivity contribution >= 4 is 75.0 Å². The number of thiophene rings is 1. The predicted molar refractivity (Wildman–Crippen MR) is 306 cm³/mol. The molecule has 0 saturated carbocycles. The van der Waals surface area contributed by atoms with E-state index in [-0.39, 0.29) is 0 Å². The van der Waals surface area contributed by atoms with Crippen molar-refractivity contribution in [1.82, 2.24) is 0 Å². The van der Waals surface area contributed by atoms with E-state index in [1.807, 2.05) is 29.6 Å². The van der Waals surface area contributed by atoms with Crippen LogP contribution in [0.5, 0.6) is 0 Å². The van der Waals surface area contributed by atoms with Gasteiger partial charge >= 0.3 is 0 Å². The summed E-state index contributed by atoms with van der Waals surface area (Å²) in [6.45, 7) is 7.08. The quantitative estimate of drug-likeness (QED) is 0.0673. The Balaban J connectivity index is 0.870. The molecular formula is C65H56N6S. The fourth-order valence-corrected chi connectivity index (χ4v) is 9.34. The number of anilines is 9. The van der Waals surface area contributed by atoms with E-state index >= 15 is 0 Å². The molecule has 1 aromatic heterocycles. The SMILES string of the molecule is Cc1ccc(N(c2ccc(C)cc2)c2ccc(/C=N/N(c3ccccc3)c3cccc(Cc4ccc(N(c5ccc(C)cc5)c5ccc(/C=N/N(Cc6cccs6)c6ccccc6)cc5)cc4)c3)cc2)cc1. The van der Waals surface area contributed by atoms with Gasteiger partial charge in [-0.15, -0.1) is 11.3 Å². The van der Waals surface area contributed by atoms with Gasteiger partial charge in [-0.05, 0) is 170 Å². The van der Waals surface area contributed by atoms with E-state index < -0.39 is 0 Å². The predicted octanol–water partition coefficient (Wildman–Crippen LogP) is 17.4. The summed E-state index contributed by atoms with van der Waals surface area (Å²) in [5.41, 5.74) is 17.7. The molecule has 0 saturated heterocycles. The molecule has 6 nitrogen and oxygen atoms in total. The number of aryl methyl sites for hydroxylation is 3. The second kappa shape index (κ2) is 22.3. The van der Waals surface area contributed by atoms with E-state index in [2.05, 4.69) is 271 Å². The van der Waals surface area contributed by atoms with Gasteiger partial charge in [-0.1, -0.05) is 144 Å². The Kier molecular flexibility index (Phi) is 14.5. The molecule has 10 aromatic rings. The van der Waals surface area contributed by atoms with Gasteiger partial charge in [0.1, 0.15) is 0 Å². The molecule has 10 rings (SSSR count). The van der Waals surface area contributed by atoms with Crippen molar-refractivity contribution in [1.29, 1.82) is 0 Å². The lowest BCUT2D eigenvalue weighted by Crippen LogP contribution is -2.15. The standard InChI is InChI=1S/C65H56N6S/c1-49-19-31-57(32-20-49)69(58-33-21-50(2)22-34-58)61-41-29-54(30-42-61)47-67-71(63-15-8-5-9-16-63)64-17-10-12-55(45-64)44-52-25-37-60(38-26-52)70(59-35-23-51(3)24-36-59)62-39-27-53(28-40-62)46-66-68(48-65-18-11-43-72-65)56-13-6-4-7-14-56/h4-43,45-47H,44,48H2,1-3H3/b66-46+,67-47+. The number of hydrogen-bond acceptors (Lipinski definition) is 7. The number of benzene rings is 9. The van der Waals surface area contributed by atoms with E-state index in [0.717, 1.165) is 68.7 Å². The maximum atomic E-state index is 5.12. The van der Waals surface area contributed by atoms with Crippen LogP contribution in [0, 0.1) is 20.8 Å². The topological polar surface area (TPSA) is 37.7 Å². The van der Waals surface area contributed by atoms with Crippen LogP contribution in [0.1, 0.15) is 43.8 Å². The Morgan fingerprint density at radius 2 is 0.792 bits per heavy atom. The number of hydrogen-bond donors (Lipinski definition) is 0. The smallest absolute Gasteiger partial charge is 0.0759 e. The van der Waals surface area contributed by atoms with Gasteiger partial charge in [0.05, 0.1) is 36.0 Å². The highest BCUT2D eigenvalue weighted by atomic mass is 32.1. The zero-order chi connectivity index (χ0) is 49.1. The number of nitrogens with zero attached hydrogens (tertiary/aromatic N) is 6. The Bertz CT molecular complexity index is 3290. The van der Waals surface area contributed by atoms with Gasteiger partial charge in [0, 0.05) is 39.0 Å². The second-order valence-electron chi connectivity index (χ2n) is 18.0. The van der Waals surface area contributed by atoms with Crippen LogP contribution in [0.2, 0.25) is 0 Å². The lowest BCUT2D eigenvalue weighted by molar-refractivity contribution is 0.871. The molecule has 0 radical (unpaired) electrons. The van der Waals surface area contributed by atoms with Crippen LogP contribution in [0.4, 0.5) is 51.2 Å². The summed E-state index contributed by atoms with van der Waals surface area (Å²) in [5.74, 6) is 0. The minimum Gasteiger partial charge on any atom is -0.311 e. The van der Waals surface area contributed by atoms with E-state index in [1.54, 1.807) is 11.3 Å². The van der Waals surface area contributed by atoms with E-state index in [9.17, 15) is 0 Å². The molecule has 72 heavy (non-hydrogen) atoms. The lowest BCUT2D eigenvalue weighted by atomic mass is 10.0. The molecule has 0 fully saturated rings. The van der Waals surface area contributed by atoms with Crippen molar-refractivity contribution in [3.8, 4) is 0 Å². The molecule has 0 amide bonds. The minimum absolute atomic E-state index is 0.709. The highest BCUT2D eigenvalue weighted by Gasteiger charge is 2.16. The zero-order valence-corrected chi connectivity index (χ0v) is 41.6. The summed E-state index contributed by atoms with van der Waals surface area (Å²) in [6, 6.07) is 85.9. The highest BCUT2D eigenvalue weighted by Crippen LogP contribution is 2.37. The van der Waals surface area contributed by atoms with Crippen LogP contribution in [-0.2, 0) is 13.0 Å². The van der Waals surface area contributed by atoms with Gasteiger partial charge < -0.3 is 9.80 Å². The average molecular weight is 953 g/mol. The van der Waals surface area contributed by atoms with Crippen LogP contribution < -0.4 is 19.8 Å². The third-order valence-corrected chi connectivity index (χ3v) is 13.4. The summed E-state index contributed by atoms with van der Waals surface area (Å²) >= 11 is 1.74. The first kappa shape index (κ1) is 46.9.